The Morgan fingerprint density at radius 3 is 2.14 bits per heavy atom. The number of rotatable bonds is 14. The van der Waals surface area contributed by atoms with E-state index in [9.17, 15) is 14.7 Å². The van der Waals surface area contributed by atoms with Crippen molar-refractivity contribution in [2.75, 3.05) is 19.8 Å². The van der Waals surface area contributed by atoms with Crippen LogP contribution in [0.5, 0.6) is 0 Å². The zero-order chi connectivity index (χ0) is 30.8. The van der Waals surface area contributed by atoms with E-state index in [0.717, 1.165) is 31.6 Å². The lowest BCUT2D eigenvalue weighted by Gasteiger charge is -2.36. The minimum Gasteiger partial charge on any atom is -0.462 e. The molecular formula is C38H52O5. The molecule has 0 aromatic heterocycles. The average Bonchev–Trinajstić information content (AvgIpc) is 3.04. The molecule has 43 heavy (non-hydrogen) atoms. The number of unbranched alkanes of at least 4 members (excludes halogenated alkanes) is 2. The van der Waals surface area contributed by atoms with Gasteiger partial charge in [0.1, 0.15) is 0 Å². The maximum absolute atomic E-state index is 12.1. The Morgan fingerprint density at radius 1 is 0.884 bits per heavy atom. The summed E-state index contributed by atoms with van der Waals surface area (Å²) < 4.78 is 10.9. The number of esters is 2. The van der Waals surface area contributed by atoms with Crippen molar-refractivity contribution in [1.29, 1.82) is 0 Å². The smallest absolute Gasteiger partial charge is 0.335 e. The van der Waals surface area contributed by atoms with Gasteiger partial charge in [-0.1, -0.05) is 81.0 Å². The highest BCUT2D eigenvalue weighted by molar-refractivity contribution is 5.88. The average molecular weight is 589 g/mol. The Bertz CT molecular complexity index is 1170. The van der Waals surface area contributed by atoms with Gasteiger partial charge in [-0.15, -0.1) is 0 Å². The molecule has 0 aliphatic heterocycles. The molecule has 3 aliphatic rings. The van der Waals surface area contributed by atoms with Gasteiger partial charge in [-0.2, -0.15) is 0 Å². The molecule has 0 saturated heterocycles. The first-order valence-corrected chi connectivity index (χ1v) is 16.6. The fourth-order valence-electron chi connectivity index (χ4n) is 7.22. The minimum atomic E-state index is -0.607. The van der Waals surface area contributed by atoms with Crippen molar-refractivity contribution in [2.45, 2.75) is 96.3 Å². The summed E-state index contributed by atoms with van der Waals surface area (Å²) in [5.41, 5.74) is 4.82. The first kappa shape index (κ1) is 33.0. The summed E-state index contributed by atoms with van der Waals surface area (Å²) in [5, 5.41) is 9.19. The van der Waals surface area contributed by atoms with Gasteiger partial charge >= 0.3 is 11.9 Å². The molecule has 1 N–H and O–H groups in total. The highest BCUT2D eigenvalue weighted by Crippen LogP contribution is 2.44. The van der Waals surface area contributed by atoms with E-state index >= 15 is 0 Å². The Hall–Kier alpha value is -2.92. The Morgan fingerprint density at radius 2 is 1.51 bits per heavy atom. The summed E-state index contributed by atoms with van der Waals surface area (Å²) in [6.45, 7) is 11.0. The molecule has 0 bridgehead atoms. The van der Waals surface area contributed by atoms with Crippen molar-refractivity contribution in [3.05, 3.63) is 83.5 Å². The predicted octanol–water partition coefficient (Wildman–Crippen LogP) is 8.36. The molecule has 0 radical (unpaired) electrons. The van der Waals surface area contributed by atoms with Gasteiger partial charge in [0.2, 0.25) is 0 Å². The zero-order valence-corrected chi connectivity index (χ0v) is 26.4. The molecule has 4 rings (SSSR count). The highest BCUT2D eigenvalue weighted by Gasteiger charge is 2.32. The van der Waals surface area contributed by atoms with Gasteiger partial charge in [0.15, 0.2) is 0 Å². The van der Waals surface area contributed by atoms with Gasteiger partial charge in [-0.25, -0.2) is 9.59 Å². The van der Waals surface area contributed by atoms with E-state index in [0.29, 0.717) is 23.3 Å². The maximum Gasteiger partial charge on any atom is 0.335 e. The van der Waals surface area contributed by atoms with Gasteiger partial charge in [-0.3, -0.25) is 0 Å². The van der Waals surface area contributed by atoms with Crippen molar-refractivity contribution in [2.24, 2.45) is 23.7 Å². The van der Waals surface area contributed by atoms with Crippen molar-refractivity contribution in [3.8, 4) is 0 Å². The molecule has 4 atom stereocenters. The summed E-state index contributed by atoms with van der Waals surface area (Å²) in [7, 11) is 0. The van der Waals surface area contributed by atoms with Crippen LogP contribution < -0.4 is 0 Å². The fourth-order valence-corrected chi connectivity index (χ4v) is 7.22. The third kappa shape index (κ3) is 9.28. The Balaban J connectivity index is 1.29. The molecule has 0 heterocycles. The summed E-state index contributed by atoms with van der Waals surface area (Å²) in [4.78, 5) is 24.1. The minimum absolute atomic E-state index is 0.0249. The lowest BCUT2D eigenvalue weighted by molar-refractivity contribution is -0.146. The number of hydrogen-bond donors (Lipinski definition) is 1. The van der Waals surface area contributed by atoms with Crippen molar-refractivity contribution in [3.63, 3.8) is 0 Å². The van der Waals surface area contributed by atoms with Crippen LogP contribution in [0.1, 0.15) is 107 Å². The number of carbonyl (C=O) groups excluding carboxylic acids is 2. The van der Waals surface area contributed by atoms with Crippen LogP contribution >= 0.6 is 0 Å². The Kier molecular flexibility index (Phi) is 12.5. The molecule has 0 amide bonds. The van der Waals surface area contributed by atoms with Crippen LogP contribution in [0.25, 0.3) is 0 Å². The monoisotopic (exact) mass is 588 g/mol. The molecule has 1 aromatic rings. The van der Waals surface area contributed by atoms with E-state index in [1.807, 2.05) is 0 Å². The largest absolute Gasteiger partial charge is 0.462 e. The number of hydrogen-bond acceptors (Lipinski definition) is 5. The van der Waals surface area contributed by atoms with Crippen molar-refractivity contribution < 1.29 is 24.2 Å². The summed E-state index contributed by atoms with van der Waals surface area (Å²) in [6.07, 6.45) is 20.5. The second-order valence-electron chi connectivity index (χ2n) is 13.2. The van der Waals surface area contributed by atoms with Gasteiger partial charge in [-0.05, 0) is 105 Å². The topological polar surface area (TPSA) is 72.8 Å². The van der Waals surface area contributed by atoms with E-state index in [4.69, 9.17) is 9.47 Å². The number of benzene rings is 1. The molecule has 2 saturated carbocycles. The fraction of sp³-hybridized carbons (Fsp3) is 0.579. The molecule has 3 aliphatic carbocycles. The number of carbonyl (C=O) groups is 2. The van der Waals surface area contributed by atoms with Gasteiger partial charge in [0.05, 0.1) is 25.4 Å². The van der Waals surface area contributed by atoms with Gasteiger partial charge in [0.25, 0.3) is 0 Å². The van der Waals surface area contributed by atoms with E-state index < -0.39 is 18.5 Å². The molecule has 1 aromatic carbocycles. The first-order valence-electron chi connectivity index (χ1n) is 16.6. The van der Waals surface area contributed by atoms with Crippen LogP contribution in [0, 0.1) is 23.7 Å². The lowest BCUT2D eigenvalue weighted by atomic mass is 9.69. The number of aliphatic hydroxyl groups excluding tert-OH is 1. The summed E-state index contributed by atoms with van der Waals surface area (Å²) >= 11 is 0. The van der Waals surface area contributed by atoms with Crippen LogP contribution in [-0.4, -0.2) is 36.9 Å². The van der Waals surface area contributed by atoms with E-state index in [1.165, 1.54) is 56.1 Å². The number of fused-ring (bicyclic) bond motifs is 1. The third-order valence-electron chi connectivity index (χ3n) is 10.0. The van der Waals surface area contributed by atoms with Gasteiger partial charge in [0, 0.05) is 11.5 Å². The number of aliphatic hydroxyl groups is 1. The van der Waals surface area contributed by atoms with E-state index in [2.05, 4.69) is 62.6 Å². The molecule has 4 unspecified atom stereocenters. The predicted molar refractivity (Wildman–Crippen MR) is 173 cm³/mol. The number of allylic oxidation sites excluding steroid dienone is 4. The Labute approximate surface area is 259 Å². The van der Waals surface area contributed by atoms with Crippen LogP contribution in [0.2, 0.25) is 0 Å². The standard InChI is InChI=1S/C38H52O5/c1-5-6-7-8-28-9-10-35-22-34(20-19-33(35)21-28)31-15-11-29(12-16-31)30-13-17-32(18-14-30)36(24-42-37(40)26(2)3)25-43-38(41)27(4)23-39/h9-12,15-16,21,30,32-36,39H,2,4-8,13-14,17-20,22-25H2,1,3H3. The summed E-state index contributed by atoms with van der Waals surface area (Å²) in [6, 6.07) is 9.45. The van der Waals surface area contributed by atoms with Crippen LogP contribution in [0.15, 0.2) is 72.4 Å². The van der Waals surface area contributed by atoms with Crippen molar-refractivity contribution >= 4 is 11.9 Å². The molecule has 2 fully saturated rings. The van der Waals surface area contributed by atoms with Crippen LogP contribution in [-0.2, 0) is 19.1 Å². The maximum atomic E-state index is 12.1. The lowest BCUT2D eigenvalue weighted by Crippen LogP contribution is -2.30. The second-order valence-corrected chi connectivity index (χ2v) is 13.2. The summed E-state index contributed by atoms with van der Waals surface area (Å²) in [5.74, 6) is 1.68. The van der Waals surface area contributed by atoms with Crippen molar-refractivity contribution in [1.82, 2.24) is 0 Å². The van der Waals surface area contributed by atoms with Crippen LogP contribution in [0.3, 0.4) is 0 Å². The second kappa shape index (κ2) is 16.2. The molecule has 234 valence electrons. The van der Waals surface area contributed by atoms with E-state index in [1.54, 1.807) is 12.5 Å². The van der Waals surface area contributed by atoms with Gasteiger partial charge < -0.3 is 14.6 Å². The molecular weight excluding hydrogens is 536 g/mol. The molecule has 0 spiro atoms. The van der Waals surface area contributed by atoms with Crippen LogP contribution in [0.4, 0.5) is 0 Å². The SMILES string of the molecule is C=C(C)C(=O)OCC(COC(=O)C(=C)CO)C1CCC(c2ccc(C3CCC4C=C(CCCCC)C=CC4C3)cc2)CC1. The first-order chi connectivity index (χ1) is 20.8. The quantitative estimate of drug-likeness (QED) is 0.134. The number of ether oxygens (including phenoxy) is 2. The van der Waals surface area contributed by atoms with E-state index in [-0.39, 0.29) is 30.6 Å². The molecule has 5 nitrogen and oxygen atoms in total. The zero-order valence-electron chi connectivity index (χ0n) is 26.4. The highest BCUT2D eigenvalue weighted by atomic mass is 16.5. The third-order valence-corrected chi connectivity index (χ3v) is 10.0. The normalized spacial score (nSPS) is 25.7. The molecule has 5 heteroatoms.